The highest BCUT2D eigenvalue weighted by atomic mass is 35.5. The van der Waals surface area contributed by atoms with Gasteiger partial charge < -0.3 is 10.1 Å². The van der Waals surface area contributed by atoms with Crippen LogP contribution in [0.3, 0.4) is 0 Å². The van der Waals surface area contributed by atoms with Crippen LogP contribution in [0.1, 0.15) is 21.3 Å². The predicted molar refractivity (Wildman–Crippen MR) is 75.7 cm³/mol. The lowest BCUT2D eigenvalue weighted by Gasteiger charge is -2.14. The minimum Gasteiger partial charge on any atom is -0.375 e. The van der Waals surface area contributed by atoms with Crippen molar-refractivity contribution in [2.75, 3.05) is 13.7 Å². The van der Waals surface area contributed by atoms with Crippen LogP contribution in [0.2, 0.25) is 4.34 Å². The molecule has 0 bridgehead atoms. The molecule has 1 atom stereocenters. The number of hydrogen-bond donors (Lipinski definition) is 1. The van der Waals surface area contributed by atoms with E-state index in [1.165, 1.54) is 11.3 Å². The summed E-state index contributed by atoms with van der Waals surface area (Å²) in [7, 11) is 1.64. The number of halogens is 1. The number of carbonyl (C=O) groups excluding carboxylic acids is 1. The van der Waals surface area contributed by atoms with Crippen molar-refractivity contribution < 1.29 is 9.53 Å². The maximum Gasteiger partial charge on any atom is 0.261 e. The molecule has 18 heavy (non-hydrogen) atoms. The Morgan fingerprint density at radius 1 is 1.50 bits per heavy atom. The first-order valence-electron chi connectivity index (χ1n) is 5.29. The number of amides is 1. The van der Waals surface area contributed by atoms with Crippen LogP contribution in [-0.2, 0) is 4.74 Å². The number of methoxy groups -OCH3 is 1. The first kappa shape index (κ1) is 13.5. The fraction of sp³-hybridized carbons (Fsp3) is 0.250. The summed E-state index contributed by atoms with van der Waals surface area (Å²) in [6.07, 6.45) is -0.115. The highest BCUT2D eigenvalue weighted by molar-refractivity contribution is 7.18. The van der Waals surface area contributed by atoms with Crippen molar-refractivity contribution in [3.63, 3.8) is 0 Å². The summed E-state index contributed by atoms with van der Waals surface area (Å²) in [6.45, 7) is 0.446. The number of ether oxygens (including phenoxy) is 1. The fourth-order valence-corrected chi connectivity index (χ4v) is 3.17. The van der Waals surface area contributed by atoms with Crippen molar-refractivity contribution in [2.24, 2.45) is 0 Å². The van der Waals surface area contributed by atoms with Gasteiger partial charge in [-0.25, -0.2) is 0 Å². The normalized spacial score (nSPS) is 12.3. The van der Waals surface area contributed by atoms with E-state index in [2.05, 4.69) is 5.32 Å². The molecule has 96 valence electrons. The van der Waals surface area contributed by atoms with Crippen LogP contribution in [0.5, 0.6) is 0 Å². The fourth-order valence-electron chi connectivity index (χ4n) is 1.50. The Bertz CT molecular complexity index is 510. The molecule has 0 saturated carbocycles. The summed E-state index contributed by atoms with van der Waals surface area (Å²) in [5, 5.41) is 6.85. The van der Waals surface area contributed by atoms with Crippen molar-refractivity contribution in [1.29, 1.82) is 0 Å². The van der Waals surface area contributed by atoms with E-state index in [1.807, 2.05) is 16.8 Å². The SMILES string of the molecule is CO[C@@H](CNC(=O)c1ccc(Cl)s1)c1ccsc1. The van der Waals surface area contributed by atoms with Crippen LogP contribution < -0.4 is 5.32 Å². The Hall–Kier alpha value is -0.880. The van der Waals surface area contributed by atoms with Gasteiger partial charge in [0, 0.05) is 13.7 Å². The van der Waals surface area contributed by atoms with Gasteiger partial charge in [0.25, 0.3) is 5.91 Å². The molecule has 2 heterocycles. The smallest absolute Gasteiger partial charge is 0.261 e. The Labute approximate surface area is 118 Å². The lowest BCUT2D eigenvalue weighted by molar-refractivity contribution is 0.0832. The summed E-state index contributed by atoms with van der Waals surface area (Å²) in [4.78, 5) is 12.4. The molecule has 0 unspecified atom stereocenters. The van der Waals surface area contributed by atoms with Crippen LogP contribution in [0, 0.1) is 0 Å². The molecule has 2 rings (SSSR count). The van der Waals surface area contributed by atoms with Gasteiger partial charge in [-0.3, -0.25) is 4.79 Å². The van der Waals surface area contributed by atoms with E-state index in [4.69, 9.17) is 16.3 Å². The van der Waals surface area contributed by atoms with Crippen LogP contribution in [-0.4, -0.2) is 19.6 Å². The van der Waals surface area contributed by atoms with Gasteiger partial charge in [-0.1, -0.05) is 11.6 Å². The van der Waals surface area contributed by atoms with E-state index >= 15 is 0 Å². The third kappa shape index (κ3) is 3.32. The number of carbonyl (C=O) groups is 1. The van der Waals surface area contributed by atoms with Crippen LogP contribution >= 0.6 is 34.3 Å². The average molecular weight is 302 g/mol. The van der Waals surface area contributed by atoms with E-state index in [9.17, 15) is 4.79 Å². The Morgan fingerprint density at radius 2 is 2.33 bits per heavy atom. The molecule has 0 spiro atoms. The molecule has 0 radical (unpaired) electrons. The Balaban J connectivity index is 1.92. The lowest BCUT2D eigenvalue weighted by atomic mass is 10.2. The highest BCUT2D eigenvalue weighted by Gasteiger charge is 2.14. The molecule has 0 aliphatic carbocycles. The zero-order valence-corrected chi connectivity index (χ0v) is 12.1. The number of hydrogen-bond acceptors (Lipinski definition) is 4. The summed E-state index contributed by atoms with van der Waals surface area (Å²) < 4.78 is 5.97. The van der Waals surface area contributed by atoms with E-state index in [1.54, 1.807) is 30.6 Å². The van der Waals surface area contributed by atoms with Gasteiger partial charge >= 0.3 is 0 Å². The molecule has 0 saturated heterocycles. The average Bonchev–Trinajstić information content (AvgIpc) is 3.01. The summed E-state index contributed by atoms with van der Waals surface area (Å²) in [5.41, 5.74) is 1.08. The van der Waals surface area contributed by atoms with E-state index in [-0.39, 0.29) is 12.0 Å². The number of thiophene rings is 2. The van der Waals surface area contributed by atoms with Crippen molar-refractivity contribution >= 4 is 40.2 Å². The topological polar surface area (TPSA) is 38.3 Å². The van der Waals surface area contributed by atoms with Crippen molar-refractivity contribution in [3.05, 3.63) is 43.7 Å². The molecule has 1 amide bonds. The molecule has 0 aliphatic rings. The van der Waals surface area contributed by atoms with Gasteiger partial charge in [-0.2, -0.15) is 11.3 Å². The van der Waals surface area contributed by atoms with Gasteiger partial charge in [0.2, 0.25) is 0 Å². The third-order valence-corrected chi connectivity index (χ3v) is 4.38. The van der Waals surface area contributed by atoms with Crippen LogP contribution in [0.25, 0.3) is 0 Å². The van der Waals surface area contributed by atoms with Crippen LogP contribution in [0.15, 0.2) is 29.0 Å². The van der Waals surface area contributed by atoms with E-state index in [0.717, 1.165) is 5.56 Å². The highest BCUT2D eigenvalue weighted by Crippen LogP contribution is 2.22. The first-order valence-corrected chi connectivity index (χ1v) is 7.43. The van der Waals surface area contributed by atoms with Crippen molar-refractivity contribution in [1.82, 2.24) is 5.32 Å². The van der Waals surface area contributed by atoms with Crippen molar-refractivity contribution in [3.8, 4) is 0 Å². The van der Waals surface area contributed by atoms with Gasteiger partial charge in [0.1, 0.15) is 6.10 Å². The molecule has 0 fully saturated rings. The second-order valence-corrected chi connectivity index (χ2v) is 6.09. The minimum atomic E-state index is -0.121. The monoisotopic (exact) mass is 301 g/mol. The largest absolute Gasteiger partial charge is 0.375 e. The number of rotatable bonds is 5. The Morgan fingerprint density at radius 3 is 2.89 bits per heavy atom. The van der Waals surface area contributed by atoms with Gasteiger partial charge in [0.05, 0.1) is 9.21 Å². The second-order valence-electron chi connectivity index (χ2n) is 3.59. The molecule has 1 N–H and O–H groups in total. The molecular formula is C12H12ClNO2S2. The second kappa shape index (κ2) is 6.33. The number of nitrogens with one attached hydrogen (secondary N) is 1. The third-order valence-electron chi connectivity index (χ3n) is 2.44. The lowest BCUT2D eigenvalue weighted by Crippen LogP contribution is -2.28. The molecule has 3 nitrogen and oxygen atoms in total. The maximum absolute atomic E-state index is 11.8. The Kier molecular flexibility index (Phi) is 4.77. The zero-order valence-electron chi connectivity index (χ0n) is 9.68. The first-order chi connectivity index (χ1) is 8.70. The molecule has 2 aromatic rings. The van der Waals surface area contributed by atoms with E-state index < -0.39 is 0 Å². The molecule has 6 heteroatoms. The summed E-state index contributed by atoms with van der Waals surface area (Å²) in [6, 6.07) is 5.43. The van der Waals surface area contributed by atoms with E-state index in [0.29, 0.717) is 15.8 Å². The quantitative estimate of drug-likeness (QED) is 0.916. The van der Waals surface area contributed by atoms with Gasteiger partial charge in [0.15, 0.2) is 0 Å². The molecule has 2 aromatic heterocycles. The van der Waals surface area contributed by atoms with Gasteiger partial charge in [-0.15, -0.1) is 11.3 Å². The maximum atomic E-state index is 11.8. The molecule has 0 aromatic carbocycles. The van der Waals surface area contributed by atoms with Crippen LogP contribution in [0.4, 0.5) is 0 Å². The molecular weight excluding hydrogens is 290 g/mol. The van der Waals surface area contributed by atoms with Gasteiger partial charge in [-0.05, 0) is 34.5 Å². The summed E-state index contributed by atoms with van der Waals surface area (Å²) in [5.74, 6) is -0.121. The minimum absolute atomic E-state index is 0.115. The standard InChI is InChI=1S/C12H12ClNO2S2/c1-16-9(8-4-5-17-7-8)6-14-12(15)10-2-3-11(13)18-10/h2-5,7,9H,6H2,1H3,(H,14,15)/t9-/m0/s1. The predicted octanol–water partition coefficient (Wildman–Crippen LogP) is 3.58. The summed E-state index contributed by atoms with van der Waals surface area (Å²) >= 11 is 8.67. The van der Waals surface area contributed by atoms with Crippen molar-refractivity contribution in [2.45, 2.75) is 6.10 Å². The zero-order chi connectivity index (χ0) is 13.0. The molecule has 0 aliphatic heterocycles.